The standard InChI is InChI=1S/C7H14N2O.C2H6/c1-6(2)4-7(3,8)9-5(6)10;1-2/h4,8H2,1-3H3,(H,9,10);1-2H3. The van der Waals surface area contributed by atoms with Gasteiger partial charge in [-0.25, -0.2) is 0 Å². The third kappa shape index (κ3) is 2.48. The lowest BCUT2D eigenvalue weighted by atomic mass is 9.88. The molecule has 0 aliphatic carbocycles. The van der Waals surface area contributed by atoms with Crippen molar-refractivity contribution < 1.29 is 4.79 Å². The second-order valence-electron chi connectivity index (χ2n) is 3.93. The van der Waals surface area contributed by atoms with Crippen molar-refractivity contribution in [3.63, 3.8) is 0 Å². The molecule has 1 saturated heterocycles. The van der Waals surface area contributed by atoms with Crippen LogP contribution in [-0.4, -0.2) is 11.6 Å². The molecule has 0 spiro atoms. The van der Waals surface area contributed by atoms with Crippen LogP contribution in [0.2, 0.25) is 0 Å². The minimum atomic E-state index is -0.499. The molecule has 0 aromatic heterocycles. The van der Waals surface area contributed by atoms with Crippen LogP contribution in [0.5, 0.6) is 0 Å². The first kappa shape index (κ1) is 11.4. The highest BCUT2D eigenvalue weighted by Gasteiger charge is 2.43. The van der Waals surface area contributed by atoms with Crippen molar-refractivity contribution in [1.29, 1.82) is 0 Å². The lowest BCUT2D eigenvalue weighted by Gasteiger charge is -2.17. The SMILES string of the molecule is CC.CC1(N)CC(C)(C)C(=O)N1. The molecule has 1 aliphatic rings. The van der Waals surface area contributed by atoms with Crippen LogP contribution in [0.25, 0.3) is 0 Å². The highest BCUT2D eigenvalue weighted by Crippen LogP contribution is 2.31. The molecular formula is C9H20N2O. The van der Waals surface area contributed by atoms with Gasteiger partial charge in [0, 0.05) is 5.41 Å². The third-order valence-electron chi connectivity index (χ3n) is 1.82. The number of hydrogen-bond donors (Lipinski definition) is 2. The predicted octanol–water partition coefficient (Wildman–Crippen LogP) is 1.23. The fourth-order valence-corrected chi connectivity index (χ4v) is 1.47. The van der Waals surface area contributed by atoms with Crippen LogP contribution in [0.4, 0.5) is 0 Å². The predicted molar refractivity (Wildman–Crippen MR) is 50.5 cm³/mol. The molecule has 1 fully saturated rings. The summed E-state index contributed by atoms with van der Waals surface area (Å²) in [7, 11) is 0. The largest absolute Gasteiger partial charge is 0.338 e. The smallest absolute Gasteiger partial charge is 0.227 e. The van der Waals surface area contributed by atoms with E-state index in [0.717, 1.165) is 0 Å². The first-order chi connectivity index (χ1) is 5.33. The molecule has 0 saturated carbocycles. The normalized spacial score (nSPS) is 32.0. The molecule has 1 unspecified atom stereocenters. The van der Waals surface area contributed by atoms with Crippen LogP contribution in [0.3, 0.4) is 0 Å². The molecule has 3 heteroatoms. The van der Waals surface area contributed by atoms with Gasteiger partial charge in [-0.3, -0.25) is 4.79 Å². The van der Waals surface area contributed by atoms with Crippen LogP contribution in [-0.2, 0) is 4.79 Å². The van der Waals surface area contributed by atoms with E-state index in [9.17, 15) is 4.79 Å². The van der Waals surface area contributed by atoms with Gasteiger partial charge in [0.25, 0.3) is 0 Å². The van der Waals surface area contributed by atoms with Crippen molar-refractivity contribution in [1.82, 2.24) is 5.32 Å². The average molecular weight is 172 g/mol. The first-order valence-corrected chi connectivity index (χ1v) is 4.45. The zero-order chi connectivity index (χ0) is 9.99. The van der Waals surface area contributed by atoms with Gasteiger partial charge < -0.3 is 11.1 Å². The van der Waals surface area contributed by atoms with Crippen LogP contribution in [0.1, 0.15) is 41.0 Å². The Morgan fingerprint density at radius 2 is 1.75 bits per heavy atom. The molecule has 3 nitrogen and oxygen atoms in total. The van der Waals surface area contributed by atoms with E-state index in [1.54, 1.807) is 0 Å². The van der Waals surface area contributed by atoms with Crippen molar-refractivity contribution in [2.24, 2.45) is 11.1 Å². The minimum absolute atomic E-state index is 0.0532. The van der Waals surface area contributed by atoms with Gasteiger partial charge >= 0.3 is 0 Å². The van der Waals surface area contributed by atoms with Gasteiger partial charge in [0.15, 0.2) is 0 Å². The Hall–Kier alpha value is -0.570. The minimum Gasteiger partial charge on any atom is -0.338 e. The average Bonchev–Trinajstić information content (AvgIpc) is 2.05. The number of amides is 1. The maximum atomic E-state index is 11.1. The van der Waals surface area contributed by atoms with Crippen LogP contribution in [0.15, 0.2) is 0 Å². The molecule has 1 rings (SSSR count). The van der Waals surface area contributed by atoms with Gasteiger partial charge in [0.05, 0.1) is 5.66 Å². The summed E-state index contributed by atoms with van der Waals surface area (Å²) in [6, 6.07) is 0. The Balaban J connectivity index is 0.000000561. The van der Waals surface area contributed by atoms with E-state index < -0.39 is 5.66 Å². The van der Waals surface area contributed by atoms with E-state index in [1.807, 2.05) is 34.6 Å². The van der Waals surface area contributed by atoms with E-state index in [2.05, 4.69) is 5.32 Å². The lowest BCUT2D eigenvalue weighted by Crippen LogP contribution is -2.46. The number of carbonyl (C=O) groups is 1. The zero-order valence-electron chi connectivity index (χ0n) is 8.69. The monoisotopic (exact) mass is 172 g/mol. The van der Waals surface area contributed by atoms with E-state index in [1.165, 1.54) is 0 Å². The molecule has 3 N–H and O–H groups in total. The Morgan fingerprint density at radius 1 is 1.33 bits per heavy atom. The summed E-state index contributed by atoms with van der Waals surface area (Å²) in [6.45, 7) is 9.64. The highest BCUT2D eigenvalue weighted by atomic mass is 16.2. The van der Waals surface area contributed by atoms with Gasteiger partial charge in [-0.1, -0.05) is 27.7 Å². The summed E-state index contributed by atoms with van der Waals surface area (Å²) in [6.07, 6.45) is 0.707. The molecule has 0 aromatic carbocycles. The molecule has 0 aromatic rings. The van der Waals surface area contributed by atoms with E-state index in [4.69, 9.17) is 5.73 Å². The molecule has 12 heavy (non-hydrogen) atoms. The topological polar surface area (TPSA) is 55.1 Å². The summed E-state index contributed by atoms with van der Waals surface area (Å²) in [4.78, 5) is 11.1. The summed E-state index contributed by atoms with van der Waals surface area (Å²) >= 11 is 0. The second kappa shape index (κ2) is 3.44. The van der Waals surface area contributed by atoms with Crippen molar-refractivity contribution in [3.05, 3.63) is 0 Å². The Kier molecular flexibility index (Phi) is 3.27. The van der Waals surface area contributed by atoms with E-state index >= 15 is 0 Å². The van der Waals surface area contributed by atoms with Gasteiger partial charge in [0.1, 0.15) is 0 Å². The molecule has 0 bridgehead atoms. The number of hydrogen-bond acceptors (Lipinski definition) is 2. The van der Waals surface area contributed by atoms with Crippen molar-refractivity contribution in [2.75, 3.05) is 0 Å². The number of nitrogens with two attached hydrogens (primary N) is 1. The summed E-state index contributed by atoms with van der Waals surface area (Å²) < 4.78 is 0. The molecule has 1 amide bonds. The Bertz CT molecular complexity index is 173. The van der Waals surface area contributed by atoms with E-state index in [-0.39, 0.29) is 11.3 Å². The molecule has 1 atom stereocenters. The quantitative estimate of drug-likeness (QED) is 0.577. The lowest BCUT2D eigenvalue weighted by molar-refractivity contribution is -0.126. The zero-order valence-corrected chi connectivity index (χ0v) is 8.69. The number of rotatable bonds is 0. The first-order valence-electron chi connectivity index (χ1n) is 4.45. The van der Waals surface area contributed by atoms with Crippen molar-refractivity contribution in [2.45, 2.75) is 46.7 Å². The fourth-order valence-electron chi connectivity index (χ4n) is 1.47. The van der Waals surface area contributed by atoms with Gasteiger partial charge in [-0.2, -0.15) is 0 Å². The molecule has 72 valence electrons. The van der Waals surface area contributed by atoms with Gasteiger partial charge in [-0.15, -0.1) is 0 Å². The third-order valence-corrected chi connectivity index (χ3v) is 1.82. The second-order valence-corrected chi connectivity index (χ2v) is 3.93. The fraction of sp³-hybridized carbons (Fsp3) is 0.889. The number of carbonyl (C=O) groups excluding carboxylic acids is 1. The maximum Gasteiger partial charge on any atom is 0.227 e. The summed E-state index contributed by atoms with van der Waals surface area (Å²) in [5.41, 5.74) is 4.92. The summed E-state index contributed by atoms with van der Waals surface area (Å²) in [5.74, 6) is 0.0532. The Morgan fingerprint density at radius 3 is 1.83 bits per heavy atom. The summed E-state index contributed by atoms with van der Waals surface area (Å²) in [5, 5.41) is 2.72. The molecule has 1 aliphatic heterocycles. The van der Waals surface area contributed by atoms with Crippen LogP contribution < -0.4 is 11.1 Å². The maximum absolute atomic E-state index is 11.1. The van der Waals surface area contributed by atoms with Crippen molar-refractivity contribution >= 4 is 5.91 Å². The molecule has 1 heterocycles. The van der Waals surface area contributed by atoms with Gasteiger partial charge in [0.2, 0.25) is 5.91 Å². The highest BCUT2D eigenvalue weighted by molar-refractivity contribution is 5.85. The van der Waals surface area contributed by atoms with Crippen molar-refractivity contribution in [3.8, 4) is 0 Å². The van der Waals surface area contributed by atoms with E-state index in [0.29, 0.717) is 6.42 Å². The number of nitrogens with one attached hydrogen (secondary N) is 1. The van der Waals surface area contributed by atoms with Crippen LogP contribution >= 0.6 is 0 Å². The Labute approximate surface area is 74.7 Å². The van der Waals surface area contributed by atoms with Crippen LogP contribution in [0, 0.1) is 5.41 Å². The molecule has 0 radical (unpaired) electrons. The van der Waals surface area contributed by atoms with Gasteiger partial charge in [-0.05, 0) is 13.3 Å². The molecular weight excluding hydrogens is 152 g/mol.